The number of nitrogens with two attached hydrogens (primary N) is 1. The monoisotopic (exact) mass is 338 g/mol. The summed E-state index contributed by atoms with van der Waals surface area (Å²) in [5, 5.41) is 0.459. The highest BCUT2D eigenvalue weighted by Gasteiger charge is 2.29. The molecule has 0 aliphatic rings. The number of sulfonamides is 1. The first-order valence-electron chi connectivity index (χ1n) is 6.45. The second kappa shape index (κ2) is 7.09. The van der Waals surface area contributed by atoms with Gasteiger partial charge in [0.25, 0.3) is 0 Å². The van der Waals surface area contributed by atoms with Gasteiger partial charge in [0.2, 0.25) is 10.0 Å². The lowest BCUT2D eigenvalue weighted by Gasteiger charge is -2.26. The smallest absolute Gasteiger partial charge is 0.244 e. The summed E-state index contributed by atoms with van der Waals surface area (Å²) in [4.78, 5) is 0.0153. The van der Waals surface area contributed by atoms with Crippen molar-refractivity contribution in [1.82, 2.24) is 4.31 Å². The van der Waals surface area contributed by atoms with E-state index in [0.29, 0.717) is 10.6 Å². The van der Waals surface area contributed by atoms with E-state index < -0.39 is 10.0 Å². The second-order valence-electron chi connectivity index (χ2n) is 4.57. The summed E-state index contributed by atoms with van der Waals surface area (Å²) in [5.41, 5.74) is 6.09. The second-order valence-corrected chi connectivity index (χ2v) is 7.35. The fourth-order valence-corrected chi connectivity index (χ4v) is 4.53. The van der Waals surface area contributed by atoms with Crippen molar-refractivity contribution in [2.24, 2.45) is 5.73 Å². The Bertz CT molecular complexity index is 572. The van der Waals surface area contributed by atoms with Gasteiger partial charge in [-0.3, -0.25) is 0 Å². The summed E-state index contributed by atoms with van der Waals surface area (Å²) in [7, 11) is -2.12. The van der Waals surface area contributed by atoms with Crippen LogP contribution in [0.25, 0.3) is 0 Å². The van der Waals surface area contributed by atoms with E-state index in [9.17, 15) is 8.42 Å². The van der Waals surface area contributed by atoms with Crippen molar-refractivity contribution in [3.05, 3.63) is 27.7 Å². The third kappa shape index (κ3) is 3.46. The minimum absolute atomic E-state index is 0.0153. The van der Waals surface area contributed by atoms with E-state index in [1.54, 1.807) is 13.1 Å². The summed E-state index contributed by atoms with van der Waals surface area (Å²) >= 11 is 12.1. The highest BCUT2D eigenvalue weighted by molar-refractivity contribution is 7.89. The van der Waals surface area contributed by atoms with Gasteiger partial charge in [0.15, 0.2) is 0 Å². The first kappa shape index (κ1) is 17.7. The summed E-state index contributed by atoms with van der Waals surface area (Å²) in [5.74, 6) is 0. The van der Waals surface area contributed by atoms with E-state index in [0.717, 1.165) is 12.8 Å². The Balaban J connectivity index is 3.39. The third-order valence-electron chi connectivity index (χ3n) is 3.41. The predicted molar refractivity (Wildman–Crippen MR) is 83.7 cm³/mol. The van der Waals surface area contributed by atoms with Crippen LogP contribution in [0.1, 0.15) is 32.3 Å². The van der Waals surface area contributed by atoms with Crippen molar-refractivity contribution in [2.45, 2.75) is 44.2 Å². The van der Waals surface area contributed by atoms with Crippen LogP contribution in [0.15, 0.2) is 17.0 Å². The maximum Gasteiger partial charge on any atom is 0.244 e. The average Bonchev–Trinajstić information content (AvgIpc) is 2.41. The van der Waals surface area contributed by atoms with Gasteiger partial charge in [-0.05, 0) is 30.5 Å². The van der Waals surface area contributed by atoms with Crippen molar-refractivity contribution in [2.75, 3.05) is 7.05 Å². The quantitative estimate of drug-likeness (QED) is 0.865. The number of hydrogen-bond donors (Lipinski definition) is 1. The molecule has 20 heavy (non-hydrogen) atoms. The molecule has 0 spiro atoms. The lowest BCUT2D eigenvalue weighted by atomic mass is 10.2. The highest BCUT2D eigenvalue weighted by Crippen LogP contribution is 2.32. The predicted octanol–water partition coefficient (Wildman–Crippen LogP) is 3.26. The van der Waals surface area contributed by atoms with Crippen LogP contribution in [0.3, 0.4) is 0 Å². The van der Waals surface area contributed by atoms with Crippen molar-refractivity contribution in [3.8, 4) is 0 Å². The lowest BCUT2D eigenvalue weighted by Crippen LogP contribution is -2.36. The van der Waals surface area contributed by atoms with Crippen LogP contribution >= 0.6 is 23.2 Å². The van der Waals surface area contributed by atoms with Crippen LogP contribution < -0.4 is 5.73 Å². The Morgan fingerprint density at radius 3 is 2.25 bits per heavy atom. The Kier molecular flexibility index (Phi) is 6.28. The van der Waals surface area contributed by atoms with Gasteiger partial charge in [-0.2, -0.15) is 4.31 Å². The Morgan fingerprint density at radius 2 is 1.80 bits per heavy atom. The van der Waals surface area contributed by atoms with E-state index in [4.69, 9.17) is 28.9 Å². The van der Waals surface area contributed by atoms with Crippen LogP contribution in [-0.2, 0) is 16.6 Å². The van der Waals surface area contributed by atoms with Crippen LogP contribution in [0.2, 0.25) is 10.0 Å². The molecule has 2 N–H and O–H groups in total. The topological polar surface area (TPSA) is 63.4 Å². The molecule has 0 bridgehead atoms. The molecule has 0 aromatic heterocycles. The van der Waals surface area contributed by atoms with Crippen LogP contribution in [0.4, 0.5) is 0 Å². The van der Waals surface area contributed by atoms with E-state index in [1.165, 1.54) is 10.4 Å². The summed E-state index contributed by atoms with van der Waals surface area (Å²) in [6.45, 7) is 4.03. The van der Waals surface area contributed by atoms with Gasteiger partial charge in [-0.15, -0.1) is 0 Å². The lowest BCUT2D eigenvalue weighted by molar-refractivity contribution is 0.349. The Morgan fingerprint density at radius 1 is 1.25 bits per heavy atom. The van der Waals surface area contributed by atoms with E-state index in [1.807, 2.05) is 13.8 Å². The zero-order valence-corrected chi connectivity index (χ0v) is 14.2. The molecule has 1 aromatic rings. The largest absolute Gasteiger partial charge is 0.326 e. The van der Waals surface area contributed by atoms with Crippen molar-refractivity contribution in [3.63, 3.8) is 0 Å². The summed E-state index contributed by atoms with van der Waals surface area (Å²) in [6, 6.07) is 2.88. The third-order valence-corrected chi connectivity index (χ3v) is 6.12. The standard InChI is InChI=1S/C13H20Cl2N2O2S/c1-4-11(5-2)17(3)20(18,19)12-7-10(14)6-9(8-16)13(12)15/h6-7,11H,4-5,8,16H2,1-3H3. The molecule has 0 heterocycles. The normalized spacial score (nSPS) is 12.4. The molecule has 0 saturated heterocycles. The molecule has 114 valence electrons. The molecule has 1 aromatic carbocycles. The van der Waals surface area contributed by atoms with Crippen LogP contribution in [0, 0.1) is 0 Å². The fourth-order valence-electron chi connectivity index (χ4n) is 2.11. The number of nitrogens with zero attached hydrogens (tertiary/aromatic N) is 1. The minimum Gasteiger partial charge on any atom is -0.326 e. The zero-order chi connectivity index (χ0) is 15.5. The first-order valence-corrected chi connectivity index (χ1v) is 8.65. The number of benzene rings is 1. The van der Waals surface area contributed by atoms with E-state index in [-0.39, 0.29) is 22.5 Å². The maximum atomic E-state index is 12.7. The number of halogens is 2. The van der Waals surface area contributed by atoms with Crippen LogP contribution in [-0.4, -0.2) is 25.8 Å². The molecule has 7 heteroatoms. The van der Waals surface area contributed by atoms with Gasteiger partial charge in [0, 0.05) is 24.7 Å². The first-order chi connectivity index (χ1) is 9.29. The van der Waals surface area contributed by atoms with Gasteiger partial charge in [-0.1, -0.05) is 37.0 Å². The molecule has 1 rings (SSSR count). The average molecular weight is 339 g/mol. The Hall–Kier alpha value is -0.330. The SMILES string of the molecule is CCC(CC)N(C)S(=O)(=O)c1cc(Cl)cc(CN)c1Cl. The molecular formula is C13H20Cl2N2O2S. The molecule has 0 amide bonds. The zero-order valence-electron chi connectivity index (χ0n) is 11.9. The fraction of sp³-hybridized carbons (Fsp3) is 0.538. The van der Waals surface area contributed by atoms with Gasteiger partial charge >= 0.3 is 0 Å². The highest BCUT2D eigenvalue weighted by atomic mass is 35.5. The van der Waals surface area contributed by atoms with Gasteiger partial charge in [0.1, 0.15) is 4.90 Å². The van der Waals surface area contributed by atoms with Crippen molar-refractivity contribution >= 4 is 33.2 Å². The molecule has 0 saturated carbocycles. The molecule has 0 aliphatic heterocycles. The molecule has 4 nitrogen and oxygen atoms in total. The van der Waals surface area contributed by atoms with Crippen molar-refractivity contribution < 1.29 is 8.42 Å². The summed E-state index contributed by atoms with van der Waals surface area (Å²) in [6.07, 6.45) is 1.46. The van der Waals surface area contributed by atoms with Gasteiger partial charge < -0.3 is 5.73 Å². The van der Waals surface area contributed by atoms with Gasteiger partial charge in [-0.25, -0.2) is 8.42 Å². The minimum atomic E-state index is -3.69. The maximum absolute atomic E-state index is 12.7. The molecule has 0 fully saturated rings. The van der Waals surface area contributed by atoms with Crippen molar-refractivity contribution in [1.29, 1.82) is 0 Å². The molecule has 0 aliphatic carbocycles. The summed E-state index contributed by atoms with van der Waals surface area (Å²) < 4.78 is 26.7. The Labute approximate surface area is 130 Å². The van der Waals surface area contributed by atoms with Crippen LogP contribution in [0.5, 0.6) is 0 Å². The molecule has 0 unspecified atom stereocenters. The number of hydrogen-bond acceptors (Lipinski definition) is 3. The van der Waals surface area contributed by atoms with Gasteiger partial charge in [0.05, 0.1) is 5.02 Å². The molecular weight excluding hydrogens is 319 g/mol. The van der Waals surface area contributed by atoms with E-state index >= 15 is 0 Å². The molecule has 0 atom stereocenters. The number of rotatable bonds is 6. The molecule has 0 radical (unpaired) electrons. The van der Waals surface area contributed by atoms with E-state index in [2.05, 4.69) is 0 Å².